The Hall–Kier alpha value is -2.86. The molecule has 1 fully saturated rings. The number of nitrogens with zero attached hydrogens (tertiary/aromatic N) is 1. The molecule has 0 saturated carbocycles. The molecule has 28 heavy (non-hydrogen) atoms. The molecule has 1 N–H and O–H groups in total. The maximum Gasteiger partial charge on any atom is 0.326 e. The monoisotopic (exact) mass is 383 g/mol. The van der Waals surface area contributed by atoms with E-state index in [4.69, 9.17) is 9.47 Å². The summed E-state index contributed by atoms with van der Waals surface area (Å²) in [4.78, 5) is 25.8. The van der Waals surface area contributed by atoms with E-state index in [-0.39, 0.29) is 18.4 Å². The van der Waals surface area contributed by atoms with E-state index in [9.17, 15) is 14.7 Å². The molecule has 6 nitrogen and oxygen atoms in total. The Labute approximate surface area is 164 Å². The van der Waals surface area contributed by atoms with Crippen molar-refractivity contribution in [1.82, 2.24) is 4.90 Å². The predicted octanol–water partition coefficient (Wildman–Crippen LogP) is 3.01. The lowest BCUT2D eigenvalue weighted by molar-refractivity contribution is -0.141. The first-order valence-corrected chi connectivity index (χ1v) is 9.43. The zero-order valence-electron chi connectivity index (χ0n) is 15.9. The highest BCUT2D eigenvalue weighted by Gasteiger charge is 2.27. The zero-order chi connectivity index (χ0) is 19.9. The highest BCUT2D eigenvalue weighted by molar-refractivity contribution is 5.96. The molecule has 1 amide bonds. The van der Waals surface area contributed by atoms with Crippen LogP contribution in [-0.4, -0.2) is 54.3 Å². The molecule has 0 aromatic heterocycles. The smallest absolute Gasteiger partial charge is 0.326 e. The van der Waals surface area contributed by atoms with Crippen molar-refractivity contribution in [3.8, 4) is 5.75 Å². The van der Waals surface area contributed by atoms with Crippen molar-refractivity contribution in [1.29, 1.82) is 0 Å². The van der Waals surface area contributed by atoms with Crippen molar-refractivity contribution in [2.45, 2.75) is 31.4 Å². The van der Waals surface area contributed by atoms with Crippen LogP contribution >= 0.6 is 0 Å². The normalized spacial score (nSPS) is 15.6. The van der Waals surface area contributed by atoms with Gasteiger partial charge in [-0.3, -0.25) is 4.79 Å². The van der Waals surface area contributed by atoms with Crippen molar-refractivity contribution in [3.63, 3.8) is 0 Å². The van der Waals surface area contributed by atoms with Gasteiger partial charge in [0.1, 0.15) is 17.9 Å². The number of benzene rings is 2. The molecule has 0 bridgehead atoms. The standard InChI is InChI=1S/C22H25NO5/c1-23(20(22(25)26)15-16-5-3-2-4-6-16)21(24)17-7-9-18(10-8-17)28-19-11-13-27-14-12-19/h2-10,19-20H,11-15H2,1H3,(H,25,26). The summed E-state index contributed by atoms with van der Waals surface area (Å²) in [6, 6.07) is 15.2. The zero-order valence-corrected chi connectivity index (χ0v) is 15.9. The van der Waals surface area contributed by atoms with Gasteiger partial charge in [-0.25, -0.2) is 4.79 Å². The van der Waals surface area contributed by atoms with E-state index in [1.807, 2.05) is 30.3 Å². The Balaban J connectivity index is 1.66. The third-order valence-corrected chi connectivity index (χ3v) is 4.92. The molecule has 1 atom stereocenters. The largest absolute Gasteiger partial charge is 0.490 e. The molecule has 6 heteroatoms. The van der Waals surface area contributed by atoms with E-state index in [2.05, 4.69) is 0 Å². The molecule has 0 aliphatic carbocycles. The summed E-state index contributed by atoms with van der Waals surface area (Å²) in [6.45, 7) is 1.40. The lowest BCUT2D eigenvalue weighted by Crippen LogP contribution is -2.43. The van der Waals surface area contributed by atoms with E-state index in [1.54, 1.807) is 24.3 Å². The first kappa shape index (κ1) is 19.9. The Morgan fingerprint density at radius 2 is 1.75 bits per heavy atom. The van der Waals surface area contributed by atoms with Gasteiger partial charge in [0.25, 0.3) is 5.91 Å². The third-order valence-electron chi connectivity index (χ3n) is 4.92. The van der Waals surface area contributed by atoms with Gasteiger partial charge in [0.15, 0.2) is 0 Å². The molecular formula is C22H25NO5. The molecule has 2 aromatic carbocycles. The molecule has 2 aromatic rings. The average Bonchev–Trinajstić information content (AvgIpc) is 2.73. The number of hydrogen-bond donors (Lipinski definition) is 1. The van der Waals surface area contributed by atoms with Gasteiger partial charge < -0.3 is 19.5 Å². The van der Waals surface area contributed by atoms with Gasteiger partial charge in [0.2, 0.25) is 0 Å². The number of carboxylic acids is 1. The summed E-state index contributed by atoms with van der Waals surface area (Å²) in [7, 11) is 1.52. The molecule has 1 heterocycles. The van der Waals surface area contributed by atoms with Crippen molar-refractivity contribution in [3.05, 3.63) is 65.7 Å². The van der Waals surface area contributed by atoms with E-state index in [0.29, 0.717) is 24.5 Å². The molecular weight excluding hydrogens is 358 g/mol. The average molecular weight is 383 g/mol. The quantitative estimate of drug-likeness (QED) is 0.795. The van der Waals surface area contributed by atoms with Crippen LogP contribution in [0.15, 0.2) is 54.6 Å². The number of amides is 1. The second-order valence-corrected chi connectivity index (χ2v) is 6.91. The van der Waals surface area contributed by atoms with Crippen LogP contribution in [-0.2, 0) is 16.0 Å². The maximum absolute atomic E-state index is 12.8. The van der Waals surface area contributed by atoms with Crippen molar-refractivity contribution < 1.29 is 24.2 Å². The van der Waals surface area contributed by atoms with Crippen molar-refractivity contribution in [2.24, 2.45) is 0 Å². The fourth-order valence-electron chi connectivity index (χ4n) is 3.23. The summed E-state index contributed by atoms with van der Waals surface area (Å²) in [5.41, 5.74) is 1.30. The summed E-state index contributed by atoms with van der Waals surface area (Å²) in [5.74, 6) is -0.662. The minimum absolute atomic E-state index is 0.125. The fraction of sp³-hybridized carbons (Fsp3) is 0.364. The van der Waals surface area contributed by atoms with Gasteiger partial charge >= 0.3 is 5.97 Å². The van der Waals surface area contributed by atoms with Gasteiger partial charge in [0.05, 0.1) is 13.2 Å². The number of hydrogen-bond acceptors (Lipinski definition) is 4. The lowest BCUT2D eigenvalue weighted by Gasteiger charge is -2.25. The van der Waals surface area contributed by atoms with E-state index >= 15 is 0 Å². The van der Waals surface area contributed by atoms with Crippen LogP contribution in [0.2, 0.25) is 0 Å². The Morgan fingerprint density at radius 3 is 2.36 bits per heavy atom. The van der Waals surface area contributed by atoms with Gasteiger partial charge in [-0.05, 0) is 29.8 Å². The van der Waals surface area contributed by atoms with Crippen molar-refractivity contribution in [2.75, 3.05) is 20.3 Å². The molecule has 1 aliphatic rings. The van der Waals surface area contributed by atoms with Crippen LogP contribution in [0.5, 0.6) is 5.75 Å². The summed E-state index contributed by atoms with van der Waals surface area (Å²) in [5, 5.41) is 9.60. The minimum atomic E-state index is -1.03. The Morgan fingerprint density at radius 1 is 1.11 bits per heavy atom. The summed E-state index contributed by atoms with van der Waals surface area (Å²) >= 11 is 0. The number of likely N-dealkylation sites (N-methyl/N-ethyl adjacent to an activating group) is 1. The third kappa shape index (κ3) is 5.10. The first-order chi connectivity index (χ1) is 13.5. The van der Waals surface area contributed by atoms with Gasteiger partial charge in [-0.1, -0.05) is 30.3 Å². The second kappa shape index (κ2) is 9.37. The second-order valence-electron chi connectivity index (χ2n) is 6.91. The van der Waals surface area contributed by atoms with Crippen LogP contribution in [0.3, 0.4) is 0 Å². The highest BCUT2D eigenvalue weighted by Crippen LogP contribution is 2.20. The predicted molar refractivity (Wildman–Crippen MR) is 105 cm³/mol. The number of rotatable bonds is 7. The molecule has 0 radical (unpaired) electrons. The minimum Gasteiger partial charge on any atom is -0.490 e. The SMILES string of the molecule is CN(C(=O)c1ccc(OC2CCOCC2)cc1)C(Cc1ccccc1)C(=O)O. The van der Waals surface area contributed by atoms with Crippen LogP contribution < -0.4 is 4.74 Å². The van der Waals surface area contributed by atoms with Gasteiger partial charge in [0, 0.05) is 31.9 Å². The summed E-state index contributed by atoms with van der Waals surface area (Å²) in [6.07, 6.45) is 2.08. The van der Waals surface area contributed by atoms with Gasteiger partial charge in [-0.15, -0.1) is 0 Å². The maximum atomic E-state index is 12.8. The Kier molecular flexibility index (Phi) is 6.66. The number of carbonyl (C=O) groups is 2. The number of carboxylic acid groups (broad SMARTS) is 1. The number of ether oxygens (including phenoxy) is 2. The molecule has 1 saturated heterocycles. The van der Waals surface area contributed by atoms with E-state index in [0.717, 1.165) is 18.4 Å². The van der Waals surface area contributed by atoms with Crippen LogP contribution in [0.4, 0.5) is 0 Å². The molecule has 1 unspecified atom stereocenters. The number of carbonyl (C=O) groups excluding carboxylic acids is 1. The highest BCUT2D eigenvalue weighted by atomic mass is 16.5. The lowest BCUT2D eigenvalue weighted by atomic mass is 10.0. The van der Waals surface area contributed by atoms with Crippen LogP contribution in [0, 0.1) is 0 Å². The molecule has 148 valence electrons. The molecule has 3 rings (SSSR count). The molecule has 0 spiro atoms. The van der Waals surface area contributed by atoms with Crippen LogP contribution in [0.1, 0.15) is 28.8 Å². The van der Waals surface area contributed by atoms with Crippen molar-refractivity contribution >= 4 is 11.9 Å². The van der Waals surface area contributed by atoms with E-state index < -0.39 is 12.0 Å². The fourth-order valence-corrected chi connectivity index (χ4v) is 3.23. The van der Waals surface area contributed by atoms with E-state index in [1.165, 1.54) is 11.9 Å². The summed E-state index contributed by atoms with van der Waals surface area (Å²) < 4.78 is 11.2. The van der Waals surface area contributed by atoms with Gasteiger partial charge in [-0.2, -0.15) is 0 Å². The topological polar surface area (TPSA) is 76.1 Å². The first-order valence-electron chi connectivity index (χ1n) is 9.43. The molecule has 1 aliphatic heterocycles. The van der Waals surface area contributed by atoms with Crippen LogP contribution in [0.25, 0.3) is 0 Å². The number of aliphatic carboxylic acids is 1. The Bertz CT molecular complexity index is 784.